The maximum absolute atomic E-state index is 12.8. The van der Waals surface area contributed by atoms with Gasteiger partial charge in [0.25, 0.3) is 5.91 Å². The second-order valence-electron chi connectivity index (χ2n) is 4.80. The molecule has 0 aromatic carbocycles. The first-order valence-electron chi connectivity index (χ1n) is 7.17. The van der Waals surface area contributed by atoms with Gasteiger partial charge in [0.05, 0.1) is 17.8 Å². The lowest BCUT2D eigenvalue weighted by Crippen LogP contribution is -2.30. The molecular weight excluding hydrogens is 282 g/mol. The molecule has 0 atom stereocenters. The number of carbonyl (C=O) groups excluding carboxylic acids is 1. The van der Waals surface area contributed by atoms with E-state index in [2.05, 4.69) is 16.4 Å². The van der Waals surface area contributed by atoms with Gasteiger partial charge in [-0.15, -0.1) is 11.3 Å². The van der Waals surface area contributed by atoms with E-state index in [4.69, 9.17) is 0 Å². The third kappa shape index (κ3) is 3.82. The average molecular weight is 303 g/mol. The molecule has 4 nitrogen and oxygen atoms in total. The van der Waals surface area contributed by atoms with Crippen LogP contribution in [-0.2, 0) is 6.54 Å². The Bertz CT molecular complexity index is 596. The van der Waals surface area contributed by atoms with Gasteiger partial charge in [0.1, 0.15) is 0 Å². The first kappa shape index (κ1) is 15.5. The Hall–Kier alpha value is -1.88. The summed E-state index contributed by atoms with van der Waals surface area (Å²) in [6.45, 7) is 8.05. The van der Waals surface area contributed by atoms with E-state index in [1.54, 1.807) is 17.5 Å². The van der Waals surface area contributed by atoms with Gasteiger partial charge in [0.2, 0.25) is 0 Å². The normalized spacial score (nSPS) is 10.4. The van der Waals surface area contributed by atoms with Crippen molar-refractivity contribution in [3.63, 3.8) is 0 Å². The fourth-order valence-corrected chi connectivity index (χ4v) is 2.87. The highest BCUT2D eigenvalue weighted by Crippen LogP contribution is 2.20. The van der Waals surface area contributed by atoms with Crippen LogP contribution in [0.2, 0.25) is 0 Å². The quantitative estimate of drug-likeness (QED) is 0.887. The van der Waals surface area contributed by atoms with Crippen LogP contribution in [0.5, 0.6) is 0 Å². The molecule has 0 saturated carbocycles. The Labute approximate surface area is 129 Å². The molecule has 1 N–H and O–H groups in total. The summed E-state index contributed by atoms with van der Waals surface area (Å²) in [4.78, 5) is 20.1. The van der Waals surface area contributed by atoms with E-state index in [0.717, 1.165) is 17.9 Å². The van der Waals surface area contributed by atoms with E-state index in [9.17, 15) is 4.79 Å². The maximum atomic E-state index is 12.8. The van der Waals surface area contributed by atoms with Crippen LogP contribution in [0.3, 0.4) is 0 Å². The minimum absolute atomic E-state index is 0.0225. The summed E-state index contributed by atoms with van der Waals surface area (Å²) in [5.41, 5.74) is 2.41. The molecule has 5 heteroatoms. The number of thiophene rings is 1. The third-order valence-corrected chi connectivity index (χ3v) is 4.10. The van der Waals surface area contributed by atoms with Crippen molar-refractivity contribution in [1.82, 2.24) is 9.88 Å². The van der Waals surface area contributed by atoms with Gasteiger partial charge in [-0.05, 0) is 38.3 Å². The van der Waals surface area contributed by atoms with E-state index in [-0.39, 0.29) is 5.91 Å². The van der Waals surface area contributed by atoms with Crippen LogP contribution >= 0.6 is 11.3 Å². The molecule has 1 amide bonds. The number of pyridine rings is 1. The lowest BCUT2D eigenvalue weighted by atomic mass is 10.1. The topological polar surface area (TPSA) is 45.2 Å². The smallest absolute Gasteiger partial charge is 0.257 e. The van der Waals surface area contributed by atoms with Crippen molar-refractivity contribution in [2.45, 2.75) is 27.3 Å². The van der Waals surface area contributed by atoms with Crippen LogP contribution in [0.1, 0.15) is 34.8 Å². The summed E-state index contributed by atoms with van der Waals surface area (Å²) in [6.07, 6.45) is 1.67. The van der Waals surface area contributed by atoms with E-state index < -0.39 is 0 Å². The number of aromatic nitrogens is 1. The van der Waals surface area contributed by atoms with Gasteiger partial charge in [-0.3, -0.25) is 9.78 Å². The Morgan fingerprint density at radius 2 is 2.24 bits per heavy atom. The number of nitrogens with zero attached hydrogens (tertiary/aromatic N) is 2. The van der Waals surface area contributed by atoms with Crippen LogP contribution in [0.15, 0.2) is 29.8 Å². The van der Waals surface area contributed by atoms with Crippen molar-refractivity contribution in [1.29, 1.82) is 0 Å². The number of nitrogens with one attached hydrogen (secondary N) is 1. The SMILES string of the molecule is CCNc1cc(C)ncc1C(=O)N(CC)Cc1cccs1. The van der Waals surface area contributed by atoms with E-state index in [1.807, 2.05) is 43.2 Å². The molecule has 0 radical (unpaired) electrons. The molecule has 0 unspecified atom stereocenters. The summed E-state index contributed by atoms with van der Waals surface area (Å²) in [5.74, 6) is 0.0225. The number of rotatable bonds is 6. The molecule has 0 spiro atoms. The van der Waals surface area contributed by atoms with Gasteiger partial charge in [-0.2, -0.15) is 0 Å². The zero-order valence-electron chi connectivity index (χ0n) is 12.7. The second kappa shape index (κ2) is 7.22. The summed E-state index contributed by atoms with van der Waals surface area (Å²) >= 11 is 1.67. The molecule has 0 saturated heterocycles. The van der Waals surface area contributed by atoms with Crippen molar-refractivity contribution in [2.75, 3.05) is 18.4 Å². The highest BCUT2D eigenvalue weighted by Gasteiger charge is 2.18. The lowest BCUT2D eigenvalue weighted by Gasteiger charge is -2.22. The summed E-state index contributed by atoms with van der Waals surface area (Å²) < 4.78 is 0. The predicted octanol–water partition coefficient (Wildman–Crippen LogP) is 3.55. The predicted molar refractivity (Wildman–Crippen MR) is 87.9 cm³/mol. The van der Waals surface area contributed by atoms with E-state index >= 15 is 0 Å². The Morgan fingerprint density at radius 1 is 1.43 bits per heavy atom. The lowest BCUT2D eigenvalue weighted by molar-refractivity contribution is 0.0754. The number of hydrogen-bond donors (Lipinski definition) is 1. The first-order valence-corrected chi connectivity index (χ1v) is 8.05. The van der Waals surface area contributed by atoms with Gasteiger partial charge in [0.15, 0.2) is 0 Å². The molecule has 0 fully saturated rings. The first-order chi connectivity index (χ1) is 10.2. The molecule has 21 heavy (non-hydrogen) atoms. The van der Waals surface area contributed by atoms with Gasteiger partial charge >= 0.3 is 0 Å². The van der Waals surface area contributed by atoms with Crippen LogP contribution in [0.4, 0.5) is 5.69 Å². The molecule has 0 aliphatic carbocycles. The van der Waals surface area contributed by atoms with Crippen molar-refractivity contribution < 1.29 is 4.79 Å². The average Bonchev–Trinajstić information content (AvgIpc) is 2.97. The second-order valence-corrected chi connectivity index (χ2v) is 5.83. The number of hydrogen-bond acceptors (Lipinski definition) is 4. The molecular formula is C16H21N3OS. The van der Waals surface area contributed by atoms with Gasteiger partial charge < -0.3 is 10.2 Å². The number of amides is 1. The van der Waals surface area contributed by atoms with Crippen LogP contribution in [0, 0.1) is 6.92 Å². The zero-order chi connectivity index (χ0) is 15.2. The highest BCUT2D eigenvalue weighted by molar-refractivity contribution is 7.09. The monoisotopic (exact) mass is 303 g/mol. The molecule has 2 rings (SSSR count). The molecule has 2 heterocycles. The highest BCUT2D eigenvalue weighted by atomic mass is 32.1. The fraction of sp³-hybridized carbons (Fsp3) is 0.375. The Balaban J connectivity index is 2.24. The third-order valence-electron chi connectivity index (χ3n) is 3.23. The molecule has 0 bridgehead atoms. The van der Waals surface area contributed by atoms with Crippen molar-refractivity contribution in [3.8, 4) is 0 Å². The fourth-order valence-electron chi connectivity index (χ4n) is 2.16. The Kier molecular flexibility index (Phi) is 5.33. The molecule has 0 aliphatic rings. The molecule has 2 aromatic rings. The largest absolute Gasteiger partial charge is 0.385 e. The number of anilines is 1. The minimum Gasteiger partial charge on any atom is -0.385 e. The van der Waals surface area contributed by atoms with Crippen molar-refractivity contribution >= 4 is 22.9 Å². The summed E-state index contributed by atoms with van der Waals surface area (Å²) in [7, 11) is 0. The van der Waals surface area contributed by atoms with E-state index in [1.165, 1.54) is 4.88 Å². The zero-order valence-corrected chi connectivity index (χ0v) is 13.5. The summed E-state index contributed by atoms with van der Waals surface area (Å²) in [5, 5.41) is 5.28. The summed E-state index contributed by atoms with van der Waals surface area (Å²) in [6, 6.07) is 5.99. The van der Waals surface area contributed by atoms with Gasteiger partial charge in [0, 0.05) is 29.9 Å². The van der Waals surface area contributed by atoms with Crippen LogP contribution in [0.25, 0.3) is 0 Å². The van der Waals surface area contributed by atoms with Crippen molar-refractivity contribution in [2.24, 2.45) is 0 Å². The standard InChI is InChI=1S/C16H21N3OS/c1-4-17-15-9-12(3)18-10-14(15)16(20)19(5-2)11-13-7-6-8-21-13/h6-10H,4-5,11H2,1-3H3,(H,17,18). The maximum Gasteiger partial charge on any atom is 0.257 e. The van der Waals surface area contributed by atoms with Crippen molar-refractivity contribution in [3.05, 3.63) is 45.9 Å². The molecule has 112 valence electrons. The molecule has 2 aromatic heterocycles. The number of aryl methyl sites for hydroxylation is 1. The number of carbonyl (C=O) groups is 1. The van der Waals surface area contributed by atoms with E-state index in [0.29, 0.717) is 18.7 Å². The van der Waals surface area contributed by atoms with Gasteiger partial charge in [-0.1, -0.05) is 6.07 Å². The van der Waals surface area contributed by atoms with Crippen LogP contribution in [-0.4, -0.2) is 28.9 Å². The Morgan fingerprint density at radius 3 is 2.86 bits per heavy atom. The minimum atomic E-state index is 0.0225. The molecule has 0 aliphatic heterocycles. The van der Waals surface area contributed by atoms with Crippen LogP contribution < -0.4 is 5.32 Å². The van der Waals surface area contributed by atoms with Gasteiger partial charge in [-0.25, -0.2) is 0 Å².